The van der Waals surface area contributed by atoms with E-state index >= 15 is 0 Å². The van der Waals surface area contributed by atoms with E-state index in [1.165, 1.54) is 6.08 Å². The Hall–Kier alpha value is -1.70. The lowest BCUT2D eigenvalue weighted by Gasteiger charge is -2.11. The van der Waals surface area contributed by atoms with Crippen molar-refractivity contribution in [2.75, 3.05) is 4.72 Å². The minimum absolute atomic E-state index is 0.147. The quantitative estimate of drug-likeness (QED) is 0.750. The molecule has 0 saturated carbocycles. The lowest BCUT2D eigenvalue weighted by atomic mass is 10.2. The summed E-state index contributed by atoms with van der Waals surface area (Å²) in [6, 6.07) is 8.71. The van der Waals surface area contributed by atoms with Crippen LogP contribution >= 0.6 is 23.2 Å². The molecule has 3 nitrogen and oxygen atoms in total. The molecular weight excluding hydrogens is 386 g/mol. The summed E-state index contributed by atoms with van der Waals surface area (Å²) in [6.45, 7) is 0. The third-order valence-electron chi connectivity index (χ3n) is 2.86. The average Bonchev–Trinajstić information content (AvgIpc) is 2.48. The Morgan fingerprint density at radius 2 is 1.62 bits per heavy atom. The van der Waals surface area contributed by atoms with Crippen LogP contribution in [0.3, 0.4) is 0 Å². The molecule has 0 unspecified atom stereocenters. The normalized spacial score (nSPS) is 12.5. The summed E-state index contributed by atoms with van der Waals surface area (Å²) in [6.07, 6.45) is -3.33. The zero-order chi connectivity index (χ0) is 18.0. The van der Waals surface area contributed by atoms with E-state index in [-0.39, 0.29) is 10.7 Å². The Morgan fingerprint density at radius 1 is 1.00 bits per heavy atom. The van der Waals surface area contributed by atoms with Crippen LogP contribution in [-0.2, 0) is 16.2 Å². The van der Waals surface area contributed by atoms with Crippen molar-refractivity contribution in [2.24, 2.45) is 0 Å². The first kappa shape index (κ1) is 18.6. The van der Waals surface area contributed by atoms with Crippen molar-refractivity contribution in [1.82, 2.24) is 0 Å². The highest BCUT2D eigenvalue weighted by molar-refractivity contribution is 7.95. The van der Waals surface area contributed by atoms with Gasteiger partial charge in [0.25, 0.3) is 10.0 Å². The third kappa shape index (κ3) is 5.15. The largest absolute Gasteiger partial charge is 0.416 e. The van der Waals surface area contributed by atoms with Crippen molar-refractivity contribution in [2.45, 2.75) is 6.18 Å². The fraction of sp³-hybridized carbons (Fsp3) is 0.0667. The molecule has 0 aliphatic rings. The number of halogens is 5. The van der Waals surface area contributed by atoms with Gasteiger partial charge in [-0.05, 0) is 42.0 Å². The van der Waals surface area contributed by atoms with Crippen LogP contribution in [0.15, 0.2) is 47.9 Å². The molecule has 0 spiro atoms. The lowest BCUT2D eigenvalue weighted by Crippen LogP contribution is -2.11. The summed E-state index contributed by atoms with van der Waals surface area (Å²) < 4.78 is 64.1. The maximum absolute atomic E-state index is 12.7. The topological polar surface area (TPSA) is 46.2 Å². The van der Waals surface area contributed by atoms with Gasteiger partial charge < -0.3 is 0 Å². The maximum Gasteiger partial charge on any atom is 0.416 e. The number of anilines is 1. The highest BCUT2D eigenvalue weighted by Crippen LogP contribution is 2.34. The van der Waals surface area contributed by atoms with Gasteiger partial charge in [-0.3, -0.25) is 4.72 Å². The Balaban J connectivity index is 2.24. The molecule has 1 N–H and O–H groups in total. The Labute approximate surface area is 146 Å². The summed E-state index contributed by atoms with van der Waals surface area (Å²) in [4.78, 5) is 0. The Bertz CT molecular complexity index is 863. The second-order valence-corrected chi connectivity index (χ2v) is 7.10. The second kappa shape index (κ2) is 7.04. The first-order valence-electron chi connectivity index (χ1n) is 6.40. The van der Waals surface area contributed by atoms with Gasteiger partial charge in [0, 0.05) is 5.02 Å². The first-order chi connectivity index (χ1) is 11.1. The van der Waals surface area contributed by atoms with Crippen LogP contribution in [0.25, 0.3) is 6.08 Å². The van der Waals surface area contributed by atoms with E-state index in [1.54, 1.807) is 24.3 Å². The fourth-order valence-electron chi connectivity index (χ4n) is 1.71. The summed E-state index contributed by atoms with van der Waals surface area (Å²) in [7, 11) is -4.04. The number of alkyl halides is 3. The molecule has 0 fully saturated rings. The van der Waals surface area contributed by atoms with Crippen LogP contribution in [0.5, 0.6) is 0 Å². The van der Waals surface area contributed by atoms with Gasteiger partial charge in [0.1, 0.15) is 0 Å². The van der Waals surface area contributed by atoms with Crippen molar-refractivity contribution in [3.05, 3.63) is 69.0 Å². The molecule has 2 rings (SSSR count). The number of rotatable bonds is 4. The Kier molecular flexibility index (Phi) is 5.47. The van der Waals surface area contributed by atoms with E-state index in [4.69, 9.17) is 23.2 Å². The molecular formula is C15H10Cl2F3NO2S. The van der Waals surface area contributed by atoms with E-state index in [2.05, 4.69) is 0 Å². The molecule has 24 heavy (non-hydrogen) atoms. The van der Waals surface area contributed by atoms with Gasteiger partial charge in [-0.1, -0.05) is 35.3 Å². The molecule has 0 atom stereocenters. The van der Waals surface area contributed by atoms with Gasteiger partial charge >= 0.3 is 6.18 Å². The van der Waals surface area contributed by atoms with Crippen molar-refractivity contribution in [1.29, 1.82) is 0 Å². The molecule has 9 heteroatoms. The first-order valence-corrected chi connectivity index (χ1v) is 8.70. The van der Waals surface area contributed by atoms with Gasteiger partial charge in [-0.25, -0.2) is 8.42 Å². The average molecular weight is 396 g/mol. The van der Waals surface area contributed by atoms with E-state index < -0.39 is 21.8 Å². The number of sulfonamides is 1. The van der Waals surface area contributed by atoms with Gasteiger partial charge in [-0.15, -0.1) is 0 Å². The zero-order valence-corrected chi connectivity index (χ0v) is 14.1. The van der Waals surface area contributed by atoms with Crippen molar-refractivity contribution < 1.29 is 21.6 Å². The van der Waals surface area contributed by atoms with E-state index in [9.17, 15) is 21.6 Å². The molecule has 128 valence electrons. The van der Waals surface area contributed by atoms with E-state index in [0.717, 1.165) is 17.5 Å². The molecule has 0 radical (unpaired) electrons. The van der Waals surface area contributed by atoms with E-state index in [1.807, 2.05) is 4.72 Å². The van der Waals surface area contributed by atoms with Crippen LogP contribution in [-0.4, -0.2) is 8.42 Å². The molecule has 0 heterocycles. The predicted molar refractivity (Wildman–Crippen MR) is 89.5 cm³/mol. The number of nitrogens with one attached hydrogen (secondary N) is 1. The van der Waals surface area contributed by atoms with E-state index in [0.29, 0.717) is 16.7 Å². The molecule has 0 bridgehead atoms. The molecule has 0 aliphatic carbocycles. The molecule has 0 saturated heterocycles. The monoisotopic (exact) mass is 395 g/mol. The van der Waals surface area contributed by atoms with Crippen molar-refractivity contribution in [3.63, 3.8) is 0 Å². The minimum atomic E-state index is -4.61. The summed E-state index contributed by atoms with van der Waals surface area (Å²) in [5.74, 6) is 0. The summed E-state index contributed by atoms with van der Waals surface area (Å²) in [5.41, 5.74) is -0.807. The number of benzene rings is 2. The third-order valence-corrected chi connectivity index (χ3v) is 4.44. The highest BCUT2D eigenvalue weighted by Gasteiger charge is 2.31. The number of hydrogen-bond donors (Lipinski definition) is 1. The van der Waals surface area contributed by atoms with Gasteiger partial charge in [0.05, 0.1) is 21.7 Å². The standard InChI is InChI=1S/C15H10Cl2F3NO2S/c16-12-4-1-10(2-5-12)7-8-24(22,23)21-14-9-11(15(18,19)20)3-6-13(14)17/h1-9,21H. The van der Waals surface area contributed by atoms with Crippen LogP contribution in [0.2, 0.25) is 10.0 Å². The number of hydrogen-bond acceptors (Lipinski definition) is 2. The van der Waals surface area contributed by atoms with Gasteiger partial charge in [0.15, 0.2) is 0 Å². The van der Waals surface area contributed by atoms with Crippen LogP contribution in [0.1, 0.15) is 11.1 Å². The summed E-state index contributed by atoms with van der Waals surface area (Å²) in [5, 5.41) is 1.17. The van der Waals surface area contributed by atoms with Crippen LogP contribution in [0, 0.1) is 0 Å². The molecule has 0 aliphatic heterocycles. The van der Waals surface area contributed by atoms with Gasteiger partial charge in [-0.2, -0.15) is 13.2 Å². The zero-order valence-electron chi connectivity index (χ0n) is 11.8. The molecule has 0 aromatic heterocycles. The predicted octanol–water partition coefficient (Wildman–Crippen LogP) is 5.42. The van der Waals surface area contributed by atoms with Gasteiger partial charge in [0.2, 0.25) is 0 Å². The Morgan fingerprint density at radius 3 is 2.21 bits per heavy atom. The maximum atomic E-state index is 12.7. The molecule has 2 aromatic carbocycles. The molecule has 2 aromatic rings. The highest BCUT2D eigenvalue weighted by atomic mass is 35.5. The lowest BCUT2D eigenvalue weighted by molar-refractivity contribution is -0.137. The fourth-order valence-corrected chi connectivity index (χ4v) is 2.94. The van der Waals surface area contributed by atoms with Crippen molar-refractivity contribution in [3.8, 4) is 0 Å². The van der Waals surface area contributed by atoms with Crippen LogP contribution in [0.4, 0.5) is 18.9 Å². The van der Waals surface area contributed by atoms with Crippen LogP contribution < -0.4 is 4.72 Å². The minimum Gasteiger partial charge on any atom is -0.279 e. The molecule has 0 amide bonds. The smallest absolute Gasteiger partial charge is 0.279 e. The second-order valence-electron chi connectivity index (χ2n) is 4.69. The van der Waals surface area contributed by atoms with Crippen molar-refractivity contribution >= 4 is 45.0 Å². The SMILES string of the molecule is O=S(=O)(C=Cc1ccc(Cl)cc1)Nc1cc(C(F)(F)F)ccc1Cl. The summed E-state index contributed by atoms with van der Waals surface area (Å²) >= 11 is 11.5.